The minimum atomic E-state index is 1.11. The third-order valence-corrected chi connectivity index (χ3v) is 10.0. The van der Waals surface area contributed by atoms with Crippen molar-refractivity contribution in [2.24, 2.45) is 0 Å². The maximum absolute atomic E-state index is 2.60. The van der Waals surface area contributed by atoms with E-state index >= 15 is 0 Å². The minimum absolute atomic E-state index is 1.11. The summed E-state index contributed by atoms with van der Waals surface area (Å²) in [7, 11) is 0. The lowest BCUT2D eigenvalue weighted by Gasteiger charge is -2.17. The number of rotatable bonds is 3. The monoisotopic (exact) mass is 577 g/mol. The normalized spacial score (nSPS) is 13.4. The van der Waals surface area contributed by atoms with Crippen LogP contribution in [0.1, 0.15) is 24.1 Å². The molecular weight excluding hydrogens is 546 g/mol. The van der Waals surface area contributed by atoms with Crippen molar-refractivity contribution in [2.45, 2.75) is 25.7 Å². The lowest BCUT2D eigenvalue weighted by Crippen LogP contribution is -2.07. The zero-order valence-electron chi connectivity index (χ0n) is 24.9. The highest BCUT2D eigenvalue weighted by atomic mass is 15.0. The molecule has 1 aliphatic carbocycles. The van der Waals surface area contributed by atoms with Crippen molar-refractivity contribution in [3.8, 4) is 17.1 Å². The van der Waals surface area contributed by atoms with Crippen molar-refractivity contribution < 1.29 is 0 Å². The Morgan fingerprint density at radius 2 is 0.867 bits per heavy atom. The molecule has 1 aliphatic rings. The fraction of sp³-hybridized carbons (Fsp3) is 0.0952. The van der Waals surface area contributed by atoms with Gasteiger partial charge in [-0.1, -0.05) is 78.9 Å². The Morgan fingerprint density at radius 3 is 1.56 bits per heavy atom. The van der Waals surface area contributed by atoms with Crippen LogP contribution in [0.3, 0.4) is 0 Å². The number of aromatic nitrogens is 3. The average molecular weight is 578 g/mol. The first kappa shape index (κ1) is 24.9. The highest BCUT2D eigenvalue weighted by molar-refractivity contribution is 6.21. The third kappa shape index (κ3) is 3.47. The first-order valence-corrected chi connectivity index (χ1v) is 16.1. The standard InChI is InChI=1S/C42H31N3/c1-2-12-28(13-3-1)44-39-21-11-7-17-35(39)41-40(44)27-26-34-33-16-6-10-20-38(33)45(42(34)41)30-24-22-29(23-25-30)43-36-18-8-4-14-31(36)32-15-5-9-19-37(32)43/h1-5,7-9,11-15,17-19,21-27H,6,10,16,20H2. The molecule has 0 aliphatic heterocycles. The number of aryl methyl sites for hydroxylation is 1. The number of para-hydroxylation sites is 4. The van der Waals surface area contributed by atoms with Crippen LogP contribution >= 0.6 is 0 Å². The molecule has 0 fully saturated rings. The molecule has 3 heterocycles. The number of nitrogens with zero attached hydrogens (tertiary/aromatic N) is 3. The molecule has 0 spiro atoms. The molecule has 10 rings (SSSR count). The fourth-order valence-electron chi connectivity index (χ4n) is 8.17. The summed E-state index contributed by atoms with van der Waals surface area (Å²) in [6, 6.07) is 51.2. The van der Waals surface area contributed by atoms with Crippen LogP contribution < -0.4 is 0 Å². The smallest absolute Gasteiger partial charge is 0.0634 e. The highest BCUT2D eigenvalue weighted by Gasteiger charge is 2.25. The van der Waals surface area contributed by atoms with Gasteiger partial charge in [-0.05, 0) is 91.9 Å². The molecule has 3 aromatic heterocycles. The molecule has 3 nitrogen and oxygen atoms in total. The van der Waals surface area contributed by atoms with Gasteiger partial charge in [0.25, 0.3) is 0 Å². The van der Waals surface area contributed by atoms with Gasteiger partial charge in [-0.25, -0.2) is 0 Å². The average Bonchev–Trinajstić information content (AvgIpc) is 3.75. The van der Waals surface area contributed by atoms with Crippen molar-refractivity contribution in [2.75, 3.05) is 0 Å². The zero-order valence-corrected chi connectivity index (χ0v) is 24.9. The Bertz CT molecular complexity index is 2520. The Morgan fingerprint density at radius 1 is 0.356 bits per heavy atom. The molecule has 0 amide bonds. The molecular formula is C42H31N3. The largest absolute Gasteiger partial charge is 0.313 e. The third-order valence-electron chi connectivity index (χ3n) is 10.0. The maximum Gasteiger partial charge on any atom is 0.0634 e. The summed E-state index contributed by atoms with van der Waals surface area (Å²) in [5.41, 5.74) is 13.0. The predicted octanol–water partition coefficient (Wildman–Crippen LogP) is 10.7. The molecule has 9 aromatic rings. The molecule has 0 N–H and O–H groups in total. The van der Waals surface area contributed by atoms with E-state index in [0.29, 0.717) is 0 Å². The summed E-state index contributed by atoms with van der Waals surface area (Å²) in [5.74, 6) is 0. The van der Waals surface area contributed by atoms with Crippen molar-refractivity contribution in [3.63, 3.8) is 0 Å². The molecule has 0 bridgehead atoms. The van der Waals surface area contributed by atoms with Gasteiger partial charge in [0.1, 0.15) is 0 Å². The first-order chi connectivity index (χ1) is 22.4. The quantitative estimate of drug-likeness (QED) is 0.198. The molecule has 3 heteroatoms. The van der Waals surface area contributed by atoms with Gasteiger partial charge in [0, 0.05) is 49.7 Å². The first-order valence-electron chi connectivity index (χ1n) is 16.1. The van der Waals surface area contributed by atoms with Gasteiger partial charge in [0.2, 0.25) is 0 Å². The van der Waals surface area contributed by atoms with Crippen LogP contribution in [0, 0.1) is 0 Å². The van der Waals surface area contributed by atoms with Gasteiger partial charge in [-0.2, -0.15) is 0 Å². The molecule has 0 saturated carbocycles. The van der Waals surface area contributed by atoms with Gasteiger partial charge < -0.3 is 13.7 Å². The molecule has 6 aromatic carbocycles. The van der Waals surface area contributed by atoms with Crippen LogP contribution in [-0.2, 0) is 12.8 Å². The second-order valence-electron chi connectivity index (χ2n) is 12.4. The van der Waals surface area contributed by atoms with Crippen LogP contribution in [0.25, 0.3) is 71.6 Å². The van der Waals surface area contributed by atoms with Crippen molar-refractivity contribution >= 4 is 54.5 Å². The van der Waals surface area contributed by atoms with Gasteiger partial charge in [-0.3, -0.25) is 0 Å². The minimum Gasteiger partial charge on any atom is -0.313 e. The number of hydrogen-bond donors (Lipinski definition) is 0. The second-order valence-corrected chi connectivity index (χ2v) is 12.4. The maximum atomic E-state index is 2.60. The topological polar surface area (TPSA) is 14.8 Å². The van der Waals surface area contributed by atoms with Crippen LogP contribution in [0.2, 0.25) is 0 Å². The van der Waals surface area contributed by atoms with Crippen molar-refractivity contribution in [1.29, 1.82) is 0 Å². The summed E-state index contributed by atoms with van der Waals surface area (Å²) < 4.78 is 7.44. The second kappa shape index (κ2) is 9.48. The van der Waals surface area contributed by atoms with Gasteiger partial charge in [0.05, 0.1) is 27.6 Å². The van der Waals surface area contributed by atoms with E-state index in [2.05, 4.69) is 153 Å². The van der Waals surface area contributed by atoms with Crippen LogP contribution in [-0.4, -0.2) is 13.7 Å². The van der Waals surface area contributed by atoms with Gasteiger partial charge >= 0.3 is 0 Å². The summed E-state index contributed by atoms with van der Waals surface area (Å²) in [6.45, 7) is 0. The van der Waals surface area contributed by atoms with E-state index in [0.717, 1.165) is 12.8 Å². The van der Waals surface area contributed by atoms with Gasteiger partial charge in [0.15, 0.2) is 0 Å². The summed E-state index contributed by atoms with van der Waals surface area (Å²) in [5, 5.41) is 6.63. The Labute approximate surface area is 261 Å². The molecule has 0 radical (unpaired) electrons. The highest BCUT2D eigenvalue weighted by Crippen LogP contribution is 2.43. The van der Waals surface area contributed by atoms with E-state index < -0.39 is 0 Å². The SMILES string of the molecule is c1ccc(-n2c3ccccc3c3c4c(ccc32)c2c(n4-c3ccc(-n4c5ccccc5c5ccccc54)cc3)CCCC2)cc1. The Balaban J connectivity index is 1.26. The van der Waals surface area contributed by atoms with E-state index in [1.165, 1.54) is 95.7 Å². The summed E-state index contributed by atoms with van der Waals surface area (Å²) >= 11 is 0. The van der Waals surface area contributed by atoms with Gasteiger partial charge in [-0.15, -0.1) is 0 Å². The van der Waals surface area contributed by atoms with E-state index in [4.69, 9.17) is 0 Å². The number of fused-ring (bicyclic) bond motifs is 10. The Hall–Kier alpha value is -5.54. The molecule has 45 heavy (non-hydrogen) atoms. The van der Waals surface area contributed by atoms with Crippen molar-refractivity contribution in [3.05, 3.63) is 151 Å². The molecule has 0 atom stereocenters. The van der Waals surface area contributed by atoms with E-state index in [9.17, 15) is 0 Å². The number of hydrogen-bond acceptors (Lipinski definition) is 0. The van der Waals surface area contributed by atoms with E-state index in [-0.39, 0.29) is 0 Å². The number of benzene rings is 6. The molecule has 0 saturated heterocycles. The molecule has 0 unspecified atom stereocenters. The summed E-state index contributed by atoms with van der Waals surface area (Å²) in [4.78, 5) is 0. The van der Waals surface area contributed by atoms with Crippen molar-refractivity contribution in [1.82, 2.24) is 13.7 Å². The fourth-order valence-corrected chi connectivity index (χ4v) is 8.17. The van der Waals surface area contributed by atoms with Crippen LogP contribution in [0.5, 0.6) is 0 Å². The Kier molecular flexibility index (Phi) is 5.23. The van der Waals surface area contributed by atoms with Crippen LogP contribution in [0.4, 0.5) is 0 Å². The molecule has 214 valence electrons. The predicted molar refractivity (Wildman–Crippen MR) is 189 cm³/mol. The van der Waals surface area contributed by atoms with E-state index in [1.54, 1.807) is 0 Å². The lowest BCUT2D eigenvalue weighted by molar-refractivity contribution is 0.667. The summed E-state index contributed by atoms with van der Waals surface area (Å²) in [6.07, 6.45) is 4.73. The van der Waals surface area contributed by atoms with E-state index in [1.807, 2.05) is 0 Å². The van der Waals surface area contributed by atoms with Crippen LogP contribution in [0.15, 0.2) is 140 Å². The zero-order chi connectivity index (χ0) is 29.5. The lowest BCUT2D eigenvalue weighted by atomic mass is 9.95.